The molecule has 0 bridgehead atoms. The van der Waals surface area contributed by atoms with Gasteiger partial charge in [-0.25, -0.2) is 0 Å². The predicted molar refractivity (Wildman–Crippen MR) is 67.9 cm³/mol. The van der Waals surface area contributed by atoms with E-state index >= 15 is 0 Å². The zero-order valence-corrected chi connectivity index (χ0v) is 10.8. The van der Waals surface area contributed by atoms with E-state index in [0.29, 0.717) is 30.4 Å². The average molecular weight is 252 g/mol. The molecule has 1 atom stereocenters. The van der Waals surface area contributed by atoms with Crippen LogP contribution in [0.4, 0.5) is 0 Å². The summed E-state index contributed by atoms with van der Waals surface area (Å²) in [7, 11) is 0. The Morgan fingerprint density at radius 3 is 2.11 bits per heavy atom. The molecule has 0 fully saturated rings. The number of phenolic OH excluding ortho intramolecular Hbond substituents is 2. The van der Waals surface area contributed by atoms with Gasteiger partial charge in [-0.1, -0.05) is 6.92 Å². The first kappa shape index (κ1) is 13.2. The molecule has 0 aliphatic heterocycles. The Morgan fingerprint density at radius 1 is 1.06 bits per heavy atom. The molecule has 1 aromatic rings. The molecule has 0 aromatic heterocycles. The predicted octanol–water partition coefficient (Wildman–Crippen LogP) is 1.04. The van der Waals surface area contributed by atoms with E-state index in [1.807, 2.05) is 6.92 Å². The SMILES string of the molecule is Cc1c(O)c2c(c(O)c1CCO)CC(C)(CO)C2. The van der Waals surface area contributed by atoms with E-state index in [9.17, 15) is 15.3 Å². The van der Waals surface area contributed by atoms with Crippen LogP contribution in [-0.2, 0) is 19.3 Å². The van der Waals surface area contributed by atoms with Crippen LogP contribution in [0.15, 0.2) is 0 Å². The van der Waals surface area contributed by atoms with Gasteiger partial charge in [0.1, 0.15) is 11.5 Å². The average Bonchev–Trinajstić information content (AvgIpc) is 2.71. The Morgan fingerprint density at radius 2 is 1.61 bits per heavy atom. The van der Waals surface area contributed by atoms with E-state index in [1.54, 1.807) is 6.92 Å². The normalized spacial score (nSPS) is 22.2. The van der Waals surface area contributed by atoms with Crippen molar-refractivity contribution < 1.29 is 20.4 Å². The van der Waals surface area contributed by atoms with Gasteiger partial charge in [0.15, 0.2) is 0 Å². The highest BCUT2D eigenvalue weighted by Crippen LogP contribution is 2.47. The Bertz CT molecular complexity index is 481. The fourth-order valence-electron chi connectivity index (χ4n) is 2.84. The van der Waals surface area contributed by atoms with Crippen molar-refractivity contribution in [2.75, 3.05) is 13.2 Å². The van der Waals surface area contributed by atoms with Crippen molar-refractivity contribution in [3.63, 3.8) is 0 Å². The summed E-state index contributed by atoms with van der Waals surface area (Å²) < 4.78 is 0. The summed E-state index contributed by atoms with van der Waals surface area (Å²) in [6.45, 7) is 3.64. The molecule has 100 valence electrons. The summed E-state index contributed by atoms with van der Waals surface area (Å²) in [6, 6.07) is 0. The molecular weight excluding hydrogens is 232 g/mol. The second-order valence-corrected chi connectivity index (χ2v) is 5.55. The fourth-order valence-corrected chi connectivity index (χ4v) is 2.84. The van der Waals surface area contributed by atoms with Crippen molar-refractivity contribution in [3.05, 3.63) is 22.3 Å². The van der Waals surface area contributed by atoms with Crippen molar-refractivity contribution in [3.8, 4) is 11.5 Å². The number of aliphatic hydroxyl groups is 2. The molecule has 1 unspecified atom stereocenters. The van der Waals surface area contributed by atoms with Crippen LogP contribution in [0, 0.1) is 12.3 Å². The summed E-state index contributed by atoms with van der Waals surface area (Å²) in [4.78, 5) is 0. The number of rotatable bonds is 3. The molecule has 0 saturated carbocycles. The van der Waals surface area contributed by atoms with Crippen LogP contribution in [-0.4, -0.2) is 33.6 Å². The summed E-state index contributed by atoms with van der Waals surface area (Å²) >= 11 is 0. The first-order valence-corrected chi connectivity index (χ1v) is 6.20. The lowest BCUT2D eigenvalue weighted by Crippen LogP contribution is -2.21. The summed E-state index contributed by atoms with van der Waals surface area (Å²) in [5.74, 6) is 0.370. The maximum absolute atomic E-state index is 10.3. The third kappa shape index (κ3) is 1.85. The van der Waals surface area contributed by atoms with E-state index in [1.165, 1.54) is 0 Å². The number of hydrogen-bond acceptors (Lipinski definition) is 4. The molecule has 4 heteroatoms. The zero-order chi connectivity index (χ0) is 13.5. The number of phenols is 2. The van der Waals surface area contributed by atoms with Crippen LogP contribution in [0.25, 0.3) is 0 Å². The summed E-state index contributed by atoms with van der Waals surface area (Å²) in [5, 5.41) is 38.9. The lowest BCUT2D eigenvalue weighted by atomic mass is 9.88. The van der Waals surface area contributed by atoms with Crippen molar-refractivity contribution in [1.29, 1.82) is 0 Å². The van der Waals surface area contributed by atoms with Gasteiger partial charge in [0.05, 0.1) is 0 Å². The van der Waals surface area contributed by atoms with Crippen molar-refractivity contribution in [1.82, 2.24) is 0 Å². The van der Waals surface area contributed by atoms with E-state index < -0.39 is 0 Å². The van der Waals surface area contributed by atoms with Crippen molar-refractivity contribution >= 4 is 0 Å². The Kier molecular flexibility index (Phi) is 3.25. The number of fused-ring (bicyclic) bond motifs is 1. The maximum atomic E-state index is 10.3. The Hall–Kier alpha value is -1.26. The molecule has 0 heterocycles. The van der Waals surface area contributed by atoms with Crippen LogP contribution in [0.1, 0.15) is 29.2 Å². The first-order valence-electron chi connectivity index (χ1n) is 6.20. The molecule has 1 aliphatic rings. The van der Waals surface area contributed by atoms with Crippen molar-refractivity contribution in [2.45, 2.75) is 33.1 Å². The number of aliphatic hydroxyl groups excluding tert-OH is 2. The minimum Gasteiger partial charge on any atom is -0.507 e. The first-order chi connectivity index (χ1) is 8.43. The smallest absolute Gasteiger partial charge is 0.122 e. The lowest BCUT2D eigenvalue weighted by Gasteiger charge is -2.19. The molecule has 0 saturated heterocycles. The monoisotopic (exact) mass is 252 g/mol. The van der Waals surface area contributed by atoms with Gasteiger partial charge in [0.2, 0.25) is 0 Å². The molecule has 4 N–H and O–H groups in total. The van der Waals surface area contributed by atoms with E-state index in [-0.39, 0.29) is 30.1 Å². The van der Waals surface area contributed by atoms with Gasteiger partial charge in [0.25, 0.3) is 0 Å². The van der Waals surface area contributed by atoms with Gasteiger partial charge in [-0.15, -0.1) is 0 Å². The molecule has 4 nitrogen and oxygen atoms in total. The van der Waals surface area contributed by atoms with Crippen LogP contribution in [0.5, 0.6) is 11.5 Å². The van der Waals surface area contributed by atoms with E-state index in [0.717, 1.165) is 11.1 Å². The topological polar surface area (TPSA) is 80.9 Å². The third-order valence-corrected chi connectivity index (χ3v) is 3.98. The molecule has 1 aliphatic carbocycles. The van der Waals surface area contributed by atoms with Crippen LogP contribution < -0.4 is 0 Å². The summed E-state index contributed by atoms with van der Waals surface area (Å²) in [5.41, 5.74) is 2.38. The molecule has 0 spiro atoms. The fraction of sp³-hybridized carbons (Fsp3) is 0.571. The highest BCUT2D eigenvalue weighted by Gasteiger charge is 2.37. The van der Waals surface area contributed by atoms with Gasteiger partial charge in [-0.2, -0.15) is 0 Å². The van der Waals surface area contributed by atoms with Crippen LogP contribution >= 0.6 is 0 Å². The largest absolute Gasteiger partial charge is 0.507 e. The highest BCUT2D eigenvalue weighted by molar-refractivity contribution is 5.60. The van der Waals surface area contributed by atoms with Crippen molar-refractivity contribution in [2.24, 2.45) is 5.41 Å². The zero-order valence-electron chi connectivity index (χ0n) is 10.8. The van der Waals surface area contributed by atoms with Crippen LogP contribution in [0.3, 0.4) is 0 Å². The number of hydrogen-bond donors (Lipinski definition) is 4. The minimum atomic E-state index is -0.318. The van der Waals surface area contributed by atoms with Crippen LogP contribution in [0.2, 0.25) is 0 Å². The second-order valence-electron chi connectivity index (χ2n) is 5.55. The molecular formula is C14H20O4. The van der Waals surface area contributed by atoms with Gasteiger partial charge in [0, 0.05) is 29.9 Å². The van der Waals surface area contributed by atoms with Gasteiger partial charge in [-0.05, 0) is 37.2 Å². The lowest BCUT2D eigenvalue weighted by molar-refractivity contribution is 0.151. The minimum absolute atomic E-state index is 0.0228. The van der Waals surface area contributed by atoms with Gasteiger partial charge >= 0.3 is 0 Å². The molecule has 18 heavy (non-hydrogen) atoms. The standard InChI is InChI=1S/C14H20O4/c1-8-9(3-4-15)13(18)11-6-14(2,7-16)5-10(11)12(8)17/h15-18H,3-7H2,1-2H3. The van der Waals surface area contributed by atoms with E-state index in [4.69, 9.17) is 5.11 Å². The molecule has 2 rings (SSSR count). The highest BCUT2D eigenvalue weighted by atomic mass is 16.3. The Labute approximate surface area is 107 Å². The van der Waals surface area contributed by atoms with Gasteiger partial charge in [-0.3, -0.25) is 0 Å². The quantitative estimate of drug-likeness (QED) is 0.606. The molecule has 1 aromatic carbocycles. The third-order valence-electron chi connectivity index (χ3n) is 3.98. The Balaban J connectivity index is 2.57. The summed E-state index contributed by atoms with van der Waals surface area (Å²) in [6.07, 6.45) is 1.45. The maximum Gasteiger partial charge on any atom is 0.122 e. The molecule has 0 amide bonds. The van der Waals surface area contributed by atoms with Gasteiger partial charge < -0.3 is 20.4 Å². The second kappa shape index (κ2) is 4.44. The number of aromatic hydroxyl groups is 2. The van der Waals surface area contributed by atoms with E-state index in [2.05, 4.69) is 0 Å². The molecule has 0 radical (unpaired) electrons. The number of benzene rings is 1.